The molecule has 0 saturated carbocycles. The molecule has 0 atom stereocenters. The Hall–Kier alpha value is -2.84. The Labute approximate surface area is 175 Å². The number of carbonyl (C=O) groups is 1. The fraction of sp³-hybridized carbons (Fsp3) is 0.190. The minimum Gasteiger partial charge on any atom is -0.355 e. The van der Waals surface area contributed by atoms with Crippen molar-refractivity contribution in [2.75, 3.05) is 6.54 Å². The molecule has 2 aromatic carbocycles. The number of fused-ring (bicyclic) bond motifs is 3. The number of hydrogen-bond donors (Lipinski definition) is 1. The van der Waals surface area contributed by atoms with Crippen LogP contribution in [0.15, 0.2) is 53.3 Å². The molecule has 0 radical (unpaired) electrons. The Kier molecular flexibility index (Phi) is 5.29. The van der Waals surface area contributed by atoms with Gasteiger partial charge in [0, 0.05) is 6.54 Å². The van der Waals surface area contributed by atoms with Crippen molar-refractivity contribution in [2.24, 2.45) is 0 Å². The summed E-state index contributed by atoms with van der Waals surface area (Å²) < 4.78 is 17.6. The summed E-state index contributed by atoms with van der Waals surface area (Å²) in [6.07, 6.45) is 0.797. The summed E-state index contributed by atoms with van der Waals surface area (Å²) in [6.45, 7) is 2.35. The number of rotatable bonds is 5. The van der Waals surface area contributed by atoms with Crippen molar-refractivity contribution < 1.29 is 9.18 Å². The first kappa shape index (κ1) is 19.5. The van der Waals surface area contributed by atoms with Crippen LogP contribution in [-0.2, 0) is 11.3 Å². The molecule has 0 saturated heterocycles. The predicted octanol–water partition coefficient (Wildman–Crippen LogP) is 4.38. The highest BCUT2D eigenvalue weighted by Gasteiger charge is 2.19. The van der Waals surface area contributed by atoms with Crippen molar-refractivity contribution in [1.82, 2.24) is 14.3 Å². The van der Waals surface area contributed by atoms with Crippen LogP contribution in [0.4, 0.5) is 4.39 Å². The molecule has 0 spiro atoms. The fourth-order valence-corrected chi connectivity index (χ4v) is 4.76. The monoisotopic (exact) mass is 427 g/mol. The molecule has 2 aromatic heterocycles. The van der Waals surface area contributed by atoms with Crippen LogP contribution in [0.25, 0.3) is 27.0 Å². The average Bonchev–Trinajstić information content (AvgIpc) is 3.07. The molecule has 29 heavy (non-hydrogen) atoms. The van der Waals surface area contributed by atoms with Crippen molar-refractivity contribution >= 4 is 46.0 Å². The van der Waals surface area contributed by atoms with Gasteiger partial charge in [-0.25, -0.2) is 4.39 Å². The molecule has 2 heterocycles. The van der Waals surface area contributed by atoms with Gasteiger partial charge in [-0.2, -0.15) is 0 Å². The van der Waals surface area contributed by atoms with E-state index in [0.29, 0.717) is 37.5 Å². The molecule has 1 amide bonds. The van der Waals surface area contributed by atoms with Gasteiger partial charge in [-0.3, -0.25) is 18.6 Å². The molecule has 148 valence electrons. The van der Waals surface area contributed by atoms with E-state index in [9.17, 15) is 14.0 Å². The fourth-order valence-electron chi connectivity index (χ4n) is 3.34. The lowest BCUT2D eigenvalue weighted by atomic mass is 10.2. The number of hydrogen-bond acceptors (Lipinski definition) is 4. The molecule has 8 heteroatoms. The lowest BCUT2D eigenvalue weighted by Crippen LogP contribution is -2.33. The summed E-state index contributed by atoms with van der Waals surface area (Å²) in [7, 11) is 0. The van der Waals surface area contributed by atoms with Gasteiger partial charge in [-0.1, -0.05) is 31.2 Å². The average molecular weight is 428 g/mol. The molecule has 5 nitrogen and oxygen atoms in total. The molecule has 0 aliphatic heterocycles. The maximum absolute atomic E-state index is 13.9. The zero-order valence-corrected chi connectivity index (χ0v) is 17.3. The van der Waals surface area contributed by atoms with Gasteiger partial charge >= 0.3 is 0 Å². The summed E-state index contributed by atoms with van der Waals surface area (Å²) in [5, 5.41) is 3.28. The molecule has 0 bridgehead atoms. The smallest absolute Gasteiger partial charge is 0.262 e. The topological polar surface area (TPSA) is 55.5 Å². The quantitative estimate of drug-likeness (QED) is 0.481. The van der Waals surface area contributed by atoms with Crippen LogP contribution in [0, 0.1) is 9.77 Å². The predicted molar refractivity (Wildman–Crippen MR) is 117 cm³/mol. The highest BCUT2D eigenvalue weighted by atomic mass is 32.1. The van der Waals surface area contributed by atoms with Crippen LogP contribution in [-0.4, -0.2) is 21.4 Å². The maximum atomic E-state index is 13.9. The number of benzene rings is 2. The van der Waals surface area contributed by atoms with Gasteiger partial charge in [0.1, 0.15) is 18.0 Å². The number of amides is 1. The second-order valence-electron chi connectivity index (χ2n) is 6.62. The first-order valence-corrected chi connectivity index (χ1v) is 10.4. The van der Waals surface area contributed by atoms with Crippen molar-refractivity contribution in [1.29, 1.82) is 0 Å². The van der Waals surface area contributed by atoms with Gasteiger partial charge in [-0.05, 0) is 48.5 Å². The van der Waals surface area contributed by atoms with E-state index in [0.717, 1.165) is 6.42 Å². The van der Waals surface area contributed by atoms with E-state index in [1.165, 1.54) is 28.0 Å². The van der Waals surface area contributed by atoms with Crippen LogP contribution in [0.5, 0.6) is 0 Å². The minimum absolute atomic E-state index is 0.138. The van der Waals surface area contributed by atoms with E-state index in [1.54, 1.807) is 28.7 Å². The normalized spacial score (nSPS) is 11.2. The SMILES string of the molecule is CCCNC(=O)Cn1c(=O)c2ccccc2n2c(=S)sc(-c3cccc(F)c3)c12. The number of aromatic nitrogens is 2. The highest BCUT2D eigenvalue weighted by Crippen LogP contribution is 2.33. The number of halogens is 1. The number of nitrogens with one attached hydrogen (secondary N) is 1. The highest BCUT2D eigenvalue weighted by molar-refractivity contribution is 7.73. The molecule has 0 unspecified atom stereocenters. The zero-order chi connectivity index (χ0) is 20.5. The Morgan fingerprint density at radius 1 is 1.21 bits per heavy atom. The molecule has 0 aliphatic carbocycles. The van der Waals surface area contributed by atoms with Crippen LogP contribution < -0.4 is 10.9 Å². The standard InChI is InChI=1S/C21H18FN3O2S2/c1-2-10-23-17(26)12-24-19-18(13-6-5-7-14(22)11-13)29-21(28)25(19)16-9-4-3-8-15(16)20(24)27/h3-9,11H,2,10,12H2,1H3,(H,23,26). The van der Waals surface area contributed by atoms with Crippen LogP contribution in [0.1, 0.15) is 13.3 Å². The molecule has 4 rings (SSSR count). The molecular formula is C21H18FN3O2S2. The number of thiazole rings is 1. The summed E-state index contributed by atoms with van der Waals surface area (Å²) in [5.74, 6) is -0.635. The Morgan fingerprint density at radius 3 is 2.76 bits per heavy atom. The Balaban J connectivity index is 2.07. The van der Waals surface area contributed by atoms with E-state index >= 15 is 0 Å². The van der Waals surface area contributed by atoms with Crippen molar-refractivity contribution in [3.63, 3.8) is 0 Å². The molecule has 0 aliphatic rings. The third kappa shape index (κ3) is 3.49. The molecule has 0 fully saturated rings. The van der Waals surface area contributed by atoms with Gasteiger partial charge < -0.3 is 5.32 Å². The minimum atomic E-state index is -0.379. The third-order valence-electron chi connectivity index (χ3n) is 4.62. The number of para-hydroxylation sites is 1. The van der Waals surface area contributed by atoms with Gasteiger partial charge in [0.2, 0.25) is 5.91 Å². The van der Waals surface area contributed by atoms with Gasteiger partial charge in [-0.15, -0.1) is 11.3 Å². The molecule has 1 N–H and O–H groups in total. The van der Waals surface area contributed by atoms with Crippen molar-refractivity contribution in [3.8, 4) is 10.4 Å². The Bertz CT molecular complexity index is 1350. The van der Waals surface area contributed by atoms with Crippen molar-refractivity contribution in [3.05, 3.63) is 68.7 Å². The lowest BCUT2D eigenvalue weighted by Gasteiger charge is -2.13. The van der Waals surface area contributed by atoms with Crippen LogP contribution >= 0.6 is 23.6 Å². The van der Waals surface area contributed by atoms with Gasteiger partial charge in [0.05, 0.1) is 15.8 Å². The second-order valence-corrected chi connectivity index (χ2v) is 8.27. The molecule has 4 aromatic rings. The van der Waals surface area contributed by atoms with E-state index in [-0.39, 0.29) is 23.8 Å². The van der Waals surface area contributed by atoms with E-state index < -0.39 is 0 Å². The number of nitrogens with zero attached hydrogens (tertiary/aromatic N) is 2. The van der Waals surface area contributed by atoms with Gasteiger partial charge in [0.25, 0.3) is 5.56 Å². The lowest BCUT2D eigenvalue weighted by molar-refractivity contribution is -0.121. The summed E-state index contributed by atoms with van der Waals surface area (Å²) in [4.78, 5) is 26.4. The second kappa shape index (κ2) is 7.88. The van der Waals surface area contributed by atoms with Gasteiger partial charge in [0.15, 0.2) is 3.95 Å². The first-order valence-electron chi connectivity index (χ1n) is 9.21. The molecular weight excluding hydrogens is 409 g/mol. The van der Waals surface area contributed by atoms with Crippen molar-refractivity contribution in [2.45, 2.75) is 19.9 Å². The summed E-state index contributed by atoms with van der Waals surface area (Å²) in [5.41, 5.74) is 1.50. The third-order valence-corrected chi connectivity index (χ3v) is 6.04. The largest absolute Gasteiger partial charge is 0.355 e. The van der Waals surface area contributed by atoms with Crippen LogP contribution in [0.2, 0.25) is 0 Å². The summed E-state index contributed by atoms with van der Waals surface area (Å²) in [6, 6.07) is 13.3. The Morgan fingerprint density at radius 2 is 2.00 bits per heavy atom. The summed E-state index contributed by atoms with van der Waals surface area (Å²) >= 11 is 6.88. The first-order chi connectivity index (χ1) is 14.0. The van der Waals surface area contributed by atoms with E-state index in [4.69, 9.17) is 12.2 Å². The van der Waals surface area contributed by atoms with E-state index in [2.05, 4.69) is 5.32 Å². The number of carbonyl (C=O) groups excluding carboxylic acids is 1. The zero-order valence-electron chi connectivity index (χ0n) is 15.6. The van der Waals surface area contributed by atoms with Crippen LogP contribution in [0.3, 0.4) is 0 Å². The maximum Gasteiger partial charge on any atom is 0.262 e. The van der Waals surface area contributed by atoms with E-state index in [1.807, 2.05) is 19.1 Å².